The molecule has 2 aromatic heterocycles. The average Bonchev–Trinajstić information content (AvgIpc) is 3.25. The second-order valence-electron chi connectivity index (χ2n) is 6.08. The summed E-state index contributed by atoms with van der Waals surface area (Å²) < 4.78 is 15.5. The summed E-state index contributed by atoms with van der Waals surface area (Å²) in [6.07, 6.45) is 5.98. The molecule has 7 nitrogen and oxygen atoms in total. The largest absolute Gasteiger partial charge is 0.351 e. The van der Waals surface area contributed by atoms with Gasteiger partial charge in [0.1, 0.15) is 12.1 Å². The van der Waals surface area contributed by atoms with Gasteiger partial charge < -0.3 is 10.2 Å². The van der Waals surface area contributed by atoms with Crippen LogP contribution in [0, 0.1) is 5.82 Å². The van der Waals surface area contributed by atoms with Crippen LogP contribution < -0.4 is 10.2 Å². The Bertz CT molecular complexity index is 911. The number of carbonyl (C=O) groups excluding carboxylic acids is 1. The molecule has 3 heterocycles. The monoisotopic (exact) mass is 340 g/mol. The van der Waals surface area contributed by atoms with Gasteiger partial charge >= 0.3 is 0 Å². The number of fused-ring (bicyclic) bond motifs is 1. The van der Waals surface area contributed by atoms with Gasteiger partial charge in [-0.2, -0.15) is 0 Å². The molecular weight excluding hydrogens is 323 g/mol. The molecule has 128 valence electrons. The normalized spacial score (nSPS) is 17.2. The molecule has 8 heteroatoms. The van der Waals surface area contributed by atoms with E-state index in [9.17, 15) is 9.18 Å². The van der Waals surface area contributed by atoms with Crippen LogP contribution in [-0.4, -0.2) is 44.6 Å². The van der Waals surface area contributed by atoms with Crippen LogP contribution in [0.25, 0.3) is 5.65 Å². The summed E-state index contributed by atoms with van der Waals surface area (Å²) in [5, 5.41) is 11.0. The van der Waals surface area contributed by atoms with Gasteiger partial charge in [0.25, 0.3) is 0 Å². The molecule has 1 aromatic carbocycles. The molecule has 1 amide bonds. The number of hydrogen-bond donors (Lipinski definition) is 1. The van der Waals surface area contributed by atoms with E-state index >= 15 is 0 Å². The summed E-state index contributed by atoms with van der Waals surface area (Å²) in [7, 11) is 0. The third kappa shape index (κ3) is 3.15. The number of hydrogen-bond acceptors (Lipinski definition) is 5. The second kappa shape index (κ2) is 6.46. The molecule has 25 heavy (non-hydrogen) atoms. The van der Waals surface area contributed by atoms with Crippen molar-refractivity contribution in [1.82, 2.24) is 24.9 Å². The zero-order valence-electron chi connectivity index (χ0n) is 13.5. The van der Waals surface area contributed by atoms with Crippen molar-refractivity contribution in [2.75, 3.05) is 18.0 Å². The minimum atomic E-state index is -0.353. The summed E-state index contributed by atoms with van der Waals surface area (Å²) in [6, 6.07) is 6.35. The van der Waals surface area contributed by atoms with Gasteiger partial charge in [-0.15, -0.1) is 10.2 Å². The molecular formula is C17H17FN6O. The molecule has 0 saturated carbocycles. The van der Waals surface area contributed by atoms with E-state index < -0.39 is 0 Å². The van der Waals surface area contributed by atoms with E-state index in [1.54, 1.807) is 36.9 Å². The lowest BCUT2D eigenvalue weighted by Crippen LogP contribution is -2.38. The van der Waals surface area contributed by atoms with Crippen molar-refractivity contribution in [3.8, 4) is 0 Å². The van der Waals surface area contributed by atoms with Crippen molar-refractivity contribution < 1.29 is 9.18 Å². The van der Waals surface area contributed by atoms with E-state index in [4.69, 9.17) is 0 Å². The van der Waals surface area contributed by atoms with Crippen LogP contribution in [0.4, 0.5) is 10.2 Å². The summed E-state index contributed by atoms with van der Waals surface area (Å²) >= 11 is 0. The van der Waals surface area contributed by atoms with E-state index in [-0.39, 0.29) is 24.2 Å². The van der Waals surface area contributed by atoms with Crippen LogP contribution in [0.2, 0.25) is 0 Å². The number of aromatic nitrogens is 4. The maximum Gasteiger partial charge on any atom is 0.224 e. The molecule has 1 N–H and O–H groups in total. The molecule has 4 rings (SSSR count). The number of halogens is 1. The minimum Gasteiger partial charge on any atom is -0.351 e. The first-order chi connectivity index (χ1) is 12.2. The van der Waals surface area contributed by atoms with Gasteiger partial charge in [0, 0.05) is 31.5 Å². The summed E-state index contributed by atoms with van der Waals surface area (Å²) in [6.45, 7) is 1.41. The highest BCUT2D eigenvalue weighted by Gasteiger charge is 2.26. The molecule has 1 atom stereocenters. The number of anilines is 1. The Morgan fingerprint density at radius 3 is 3.12 bits per heavy atom. The Morgan fingerprint density at radius 2 is 2.24 bits per heavy atom. The van der Waals surface area contributed by atoms with Crippen molar-refractivity contribution in [3.63, 3.8) is 0 Å². The maximum absolute atomic E-state index is 13.7. The average molecular weight is 340 g/mol. The van der Waals surface area contributed by atoms with Gasteiger partial charge in [-0.1, -0.05) is 18.2 Å². The highest BCUT2D eigenvalue weighted by atomic mass is 19.1. The van der Waals surface area contributed by atoms with Crippen LogP contribution >= 0.6 is 0 Å². The van der Waals surface area contributed by atoms with Crippen LogP contribution in [0.1, 0.15) is 12.0 Å². The Morgan fingerprint density at radius 1 is 1.36 bits per heavy atom. The summed E-state index contributed by atoms with van der Waals surface area (Å²) in [4.78, 5) is 18.7. The fourth-order valence-corrected chi connectivity index (χ4v) is 3.13. The predicted octanol–water partition coefficient (Wildman–Crippen LogP) is 1.20. The second-order valence-corrected chi connectivity index (χ2v) is 6.08. The maximum atomic E-state index is 13.7. The number of carbonyl (C=O) groups is 1. The Labute approximate surface area is 143 Å². The molecule has 0 spiro atoms. The molecule has 0 aliphatic carbocycles. The van der Waals surface area contributed by atoms with Gasteiger partial charge in [0.15, 0.2) is 5.82 Å². The van der Waals surface area contributed by atoms with Crippen molar-refractivity contribution in [3.05, 3.63) is 54.4 Å². The van der Waals surface area contributed by atoms with E-state index in [1.807, 2.05) is 4.40 Å². The SMILES string of the molecule is O=C(Cc1ccccc1F)NC1CCN(c2nccn3cnnc23)C1. The molecule has 3 aromatic rings. The molecule has 0 bridgehead atoms. The molecule has 1 unspecified atom stereocenters. The Balaban J connectivity index is 1.40. The standard InChI is InChI=1S/C17H17FN6O/c18-14-4-2-1-3-12(14)9-15(25)21-13-5-7-23(10-13)16-17-22-20-11-24(17)8-6-19-16/h1-4,6,8,11,13H,5,7,9-10H2,(H,21,25). The van der Waals surface area contributed by atoms with Crippen molar-refractivity contribution in [1.29, 1.82) is 0 Å². The number of amides is 1. The third-order valence-corrected chi connectivity index (χ3v) is 4.36. The van der Waals surface area contributed by atoms with Gasteiger partial charge in [-0.3, -0.25) is 9.20 Å². The van der Waals surface area contributed by atoms with Gasteiger partial charge in [0.2, 0.25) is 11.6 Å². The lowest BCUT2D eigenvalue weighted by Gasteiger charge is -2.18. The van der Waals surface area contributed by atoms with Crippen molar-refractivity contribution in [2.45, 2.75) is 18.9 Å². The van der Waals surface area contributed by atoms with Crippen molar-refractivity contribution in [2.24, 2.45) is 0 Å². The summed E-state index contributed by atoms with van der Waals surface area (Å²) in [5.41, 5.74) is 1.10. The highest BCUT2D eigenvalue weighted by molar-refractivity contribution is 5.79. The lowest BCUT2D eigenvalue weighted by atomic mass is 10.1. The van der Waals surface area contributed by atoms with Gasteiger partial charge in [-0.05, 0) is 18.1 Å². The van der Waals surface area contributed by atoms with E-state index in [0.29, 0.717) is 17.8 Å². The molecule has 1 saturated heterocycles. The van der Waals surface area contributed by atoms with Crippen molar-refractivity contribution >= 4 is 17.4 Å². The minimum absolute atomic E-state index is 0.00394. The van der Waals surface area contributed by atoms with Crippen LogP contribution in [0.3, 0.4) is 0 Å². The Hall–Kier alpha value is -3.03. The first kappa shape index (κ1) is 15.5. The van der Waals surface area contributed by atoms with Crippen LogP contribution in [0.15, 0.2) is 43.0 Å². The van der Waals surface area contributed by atoms with E-state index in [1.165, 1.54) is 6.07 Å². The van der Waals surface area contributed by atoms with Crippen LogP contribution in [0.5, 0.6) is 0 Å². The molecule has 0 radical (unpaired) electrons. The Kier molecular flexibility index (Phi) is 4.01. The number of rotatable bonds is 4. The molecule has 1 aliphatic rings. The van der Waals surface area contributed by atoms with E-state index in [0.717, 1.165) is 18.8 Å². The predicted molar refractivity (Wildman–Crippen MR) is 89.6 cm³/mol. The highest BCUT2D eigenvalue weighted by Crippen LogP contribution is 2.21. The van der Waals surface area contributed by atoms with E-state index in [2.05, 4.69) is 25.4 Å². The van der Waals surface area contributed by atoms with Crippen LogP contribution in [-0.2, 0) is 11.2 Å². The molecule has 1 fully saturated rings. The summed E-state index contributed by atoms with van der Waals surface area (Å²) in [5.74, 6) is 0.227. The smallest absolute Gasteiger partial charge is 0.224 e. The van der Waals surface area contributed by atoms with Gasteiger partial charge in [0.05, 0.1) is 6.42 Å². The third-order valence-electron chi connectivity index (χ3n) is 4.36. The number of benzene rings is 1. The zero-order chi connectivity index (χ0) is 17.2. The quantitative estimate of drug-likeness (QED) is 0.772. The van der Waals surface area contributed by atoms with Gasteiger partial charge in [-0.25, -0.2) is 9.37 Å². The fraction of sp³-hybridized carbons (Fsp3) is 0.294. The first-order valence-corrected chi connectivity index (χ1v) is 8.13. The number of nitrogens with zero attached hydrogens (tertiary/aromatic N) is 5. The number of nitrogens with one attached hydrogen (secondary N) is 1. The fourth-order valence-electron chi connectivity index (χ4n) is 3.13. The zero-order valence-corrected chi connectivity index (χ0v) is 13.5. The molecule has 1 aliphatic heterocycles. The lowest BCUT2D eigenvalue weighted by molar-refractivity contribution is -0.121. The topological polar surface area (TPSA) is 75.4 Å². The first-order valence-electron chi connectivity index (χ1n) is 8.13.